The molecule has 1 heterocycles. The first-order valence-electron chi connectivity index (χ1n) is 8.33. The fraction of sp³-hybridized carbons (Fsp3) is 0.0455. The molecule has 1 amide bonds. The quantitative estimate of drug-likeness (QED) is 0.510. The maximum atomic E-state index is 12.6. The summed E-state index contributed by atoms with van der Waals surface area (Å²) in [4.78, 5) is 12.6. The highest BCUT2D eigenvalue weighted by Crippen LogP contribution is 2.30. The Labute approximate surface area is 151 Å². The third-order valence-electron chi connectivity index (χ3n) is 4.07. The molecule has 0 bridgehead atoms. The Kier molecular flexibility index (Phi) is 4.15. The van der Waals surface area contributed by atoms with Crippen LogP contribution in [0, 0.1) is 6.92 Å². The summed E-state index contributed by atoms with van der Waals surface area (Å²) in [6.45, 7) is 1.95. The summed E-state index contributed by atoms with van der Waals surface area (Å²) in [7, 11) is 0. The normalized spacial score (nSPS) is 10.7. The molecule has 26 heavy (non-hydrogen) atoms. The number of anilines is 1. The summed E-state index contributed by atoms with van der Waals surface area (Å²) >= 11 is 0. The highest BCUT2D eigenvalue weighted by molar-refractivity contribution is 6.05. The molecule has 0 aliphatic heterocycles. The summed E-state index contributed by atoms with van der Waals surface area (Å²) < 4.78 is 11.6. The lowest BCUT2D eigenvalue weighted by molar-refractivity contribution is 0.0998. The Morgan fingerprint density at radius 2 is 1.69 bits per heavy atom. The molecule has 0 saturated heterocycles. The number of rotatable bonds is 4. The van der Waals surface area contributed by atoms with Crippen LogP contribution in [-0.2, 0) is 0 Å². The van der Waals surface area contributed by atoms with Crippen molar-refractivity contribution in [2.45, 2.75) is 6.92 Å². The maximum Gasteiger partial charge on any atom is 0.291 e. The number of para-hydroxylation sites is 4. The molecule has 3 aromatic carbocycles. The predicted molar refractivity (Wildman–Crippen MR) is 102 cm³/mol. The predicted octanol–water partition coefficient (Wildman–Crippen LogP) is 5.79. The Hall–Kier alpha value is -3.53. The minimum absolute atomic E-state index is 0.267. The molecule has 0 aliphatic carbocycles. The van der Waals surface area contributed by atoms with Gasteiger partial charge in [-0.25, -0.2) is 0 Å². The van der Waals surface area contributed by atoms with E-state index in [0.717, 1.165) is 16.5 Å². The molecule has 0 unspecified atom stereocenters. The van der Waals surface area contributed by atoms with Crippen molar-refractivity contribution in [3.8, 4) is 11.5 Å². The smallest absolute Gasteiger partial charge is 0.291 e. The molecule has 128 valence electrons. The lowest BCUT2D eigenvalue weighted by Crippen LogP contribution is -2.11. The van der Waals surface area contributed by atoms with Gasteiger partial charge in [-0.2, -0.15) is 0 Å². The van der Waals surface area contributed by atoms with Crippen LogP contribution in [0.2, 0.25) is 0 Å². The lowest BCUT2D eigenvalue weighted by atomic mass is 10.2. The highest BCUT2D eigenvalue weighted by Gasteiger charge is 2.15. The van der Waals surface area contributed by atoms with Crippen LogP contribution >= 0.6 is 0 Å². The number of fused-ring (bicyclic) bond motifs is 1. The highest BCUT2D eigenvalue weighted by atomic mass is 16.5. The largest absolute Gasteiger partial charge is 0.455 e. The first kappa shape index (κ1) is 16.0. The van der Waals surface area contributed by atoms with Gasteiger partial charge in [0, 0.05) is 5.39 Å². The van der Waals surface area contributed by atoms with Crippen molar-refractivity contribution < 1.29 is 13.9 Å². The number of amides is 1. The zero-order chi connectivity index (χ0) is 17.9. The molecule has 4 rings (SSSR count). The number of carbonyl (C=O) groups excluding carboxylic acids is 1. The zero-order valence-electron chi connectivity index (χ0n) is 14.2. The second-order valence-corrected chi connectivity index (χ2v) is 5.97. The molecule has 0 spiro atoms. The van der Waals surface area contributed by atoms with Crippen molar-refractivity contribution in [3.05, 3.63) is 90.2 Å². The summed E-state index contributed by atoms with van der Waals surface area (Å²) in [5.41, 5.74) is 2.30. The van der Waals surface area contributed by atoms with Gasteiger partial charge in [0.15, 0.2) is 11.5 Å². The van der Waals surface area contributed by atoms with Crippen LogP contribution in [0.1, 0.15) is 16.1 Å². The van der Waals surface area contributed by atoms with Crippen LogP contribution < -0.4 is 10.1 Å². The monoisotopic (exact) mass is 343 g/mol. The Balaban J connectivity index is 1.60. The summed E-state index contributed by atoms with van der Waals surface area (Å²) in [5.74, 6) is 1.22. The molecule has 4 aromatic rings. The van der Waals surface area contributed by atoms with E-state index in [2.05, 4.69) is 5.32 Å². The number of ether oxygens (including phenoxy) is 1. The van der Waals surface area contributed by atoms with E-state index in [-0.39, 0.29) is 11.7 Å². The minimum Gasteiger partial charge on any atom is -0.455 e. The van der Waals surface area contributed by atoms with E-state index in [9.17, 15) is 4.79 Å². The van der Waals surface area contributed by atoms with E-state index in [1.54, 1.807) is 12.1 Å². The van der Waals surface area contributed by atoms with Gasteiger partial charge in [0.2, 0.25) is 0 Å². The van der Waals surface area contributed by atoms with Crippen LogP contribution in [0.5, 0.6) is 11.5 Å². The van der Waals surface area contributed by atoms with E-state index in [1.165, 1.54) is 0 Å². The van der Waals surface area contributed by atoms with Gasteiger partial charge in [0.05, 0.1) is 5.69 Å². The number of carbonyl (C=O) groups is 1. The molecule has 4 nitrogen and oxygen atoms in total. The van der Waals surface area contributed by atoms with Crippen molar-refractivity contribution >= 4 is 22.6 Å². The Morgan fingerprint density at radius 1 is 0.923 bits per heavy atom. The minimum atomic E-state index is -0.315. The fourth-order valence-corrected chi connectivity index (χ4v) is 2.78. The lowest BCUT2D eigenvalue weighted by Gasteiger charge is -2.11. The second kappa shape index (κ2) is 6.76. The number of aryl methyl sites for hydroxylation is 1. The molecule has 0 aliphatic rings. The van der Waals surface area contributed by atoms with Crippen molar-refractivity contribution in [1.29, 1.82) is 0 Å². The first-order valence-corrected chi connectivity index (χ1v) is 8.33. The maximum absolute atomic E-state index is 12.6. The van der Waals surface area contributed by atoms with Gasteiger partial charge in [-0.1, -0.05) is 48.5 Å². The van der Waals surface area contributed by atoms with Crippen LogP contribution in [0.15, 0.2) is 83.3 Å². The van der Waals surface area contributed by atoms with E-state index in [4.69, 9.17) is 9.15 Å². The van der Waals surface area contributed by atoms with Crippen molar-refractivity contribution in [2.75, 3.05) is 5.32 Å². The van der Waals surface area contributed by atoms with E-state index in [1.807, 2.05) is 73.7 Å². The summed E-state index contributed by atoms with van der Waals surface area (Å²) in [6.07, 6.45) is 0. The van der Waals surface area contributed by atoms with Gasteiger partial charge in [-0.15, -0.1) is 0 Å². The number of hydrogen-bond acceptors (Lipinski definition) is 3. The molecule has 0 fully saturated rings. The van der Waals surface area contributed by atoms with Gasteiger partial charge < -0.3 is 14.5 Å². The Bertz CT molecular complexity index is 1070. The third-order valence-corrected chi connectivity index (χ3v) is 4.07. The second-order valence-electron chi connectivity index (χ2n) is 5.97. The van der Waals surface area contributed by atoms with Gasteiger partial charge in [-0.05, 0) is 42.8 Å². The van der Waals surface area contributed by atoms with E-state index >= 15 is 0 Å². The molecule has 0 radical (unpaired) electrons. The molecular weight excluding hydrogens is 326 g/mol. The zero-order valence-corrected chi connectivity index (χ0v) is 14.2. The molecular formula is C22H17NO3. The Morgan fingerprint density at radius 3 is 2.50 bits per heavy atom. The summed E-state index contributed by atoms with van der Waals surface area (Å²) in [6, 6.07) is 24.3. The van der Waals surface area contributed by atoms with Crippen LogP contribution in [0.25, 0.3) is 11.0 Å². The molecule has 1 N–H and O–H groups in total. The fourth-order valence-electron chi connectivity index (χ4n) is 2.78. The third kappa shape index (κ3) is 3.17. The van der Waals surface area contributed by atoms with E-state index in [0.29, 0.717) is 17.2 Å². The van der Waals surface area contributed by atoms with Gasteiger partial charge >= 0.3 is 0 Å². The molecule has 0 saturated carbocycles. The van der Waals surface area contributed by atoms with Crippen LogP contribution in [0.3, 0.4) is 0 Å². The SMILES string of the molecule is Cc1cccc2cc(C(=O)Nc3ccccc3Oc3ccccc3)oc12. The number of nitrogens with one attached hydrogen (secondary N) is 1. The van der Waals surface area contributed by atoms with Crippen molar-refractivity contribution in [1.82, 2.24) is 0 Å². The van der Waals surface area contributed by atoms with Gasteiger partial charge in [0.1, 0.15) is 11.3 Å². The van der Waals surface area contributed by atoms with Gasteiger partial charge in [0.25, 0.3) is 5.91 Å². The van der Waals surface area contributed by atoms with Crippen LogP contribution in [0.4, 0.5) is 5.69 Å². The van der Waals surface area contributed by atoms with Gasteiger partial charge in [-0.3, -0.25) is 4.79 Å². The molecule has 0 atom stereocenters. The first-order chi connectivity index (χ1) is 12.7. The summed E-state index contributed by atoms with van der Waals surface area (Å²) in [5, 5.41) is 3.78. The average molecular weight is 343 g/mol. The molecule has 4 heteroatoms. The van der Waals surface area contributed by atoms with Crippen LogP contribution in [-0.4, -0.2) is 5.91 Å². The van der Waals surface area contributed by atoms with E-state index < -0.39 is 0 Å². The number of benzene rings is 3. The standard InChI is InChI=1S/C22H17NO3/c1-15-8-7-9-16-14-20(26-21(15)16)22(24)23-18-12-5-6-13-19(18)25-17-10-3-2-4-11-17/h2-14H,1H3,(H,23,24). The number of furan rings is 1. The molecule has 1 aromatic heterocycles. The topological polar surface area (TPSA) is 51.5 Å². The van der Waals surface area contributed by atoms with Crippen molar-refractivity contribution in [2.24, 2.45) is 0 Å². The van der Waals surface area contributed by atoms with Crippen molar-refractivity contribution in [3.63, 3.8) is 0 Å². The average Bonchev–Trinajstić information content (AvgIpc) is 3.10. The number of hydrogen-bond donors (Lipinski definition) is 1.